The molecule has 0 radical (unpaired) electrons. The van der Waals surface area contributed by atoms with Gasteiger partial charge in [0.2, 0.25) is 0 Å². The Labute approximate surface area is 104 Å². The van der Waals surface area contributed by atoms with Gasteiger partial charge in [-0.3, -0.25) is 4.79 Å². The first kappa shape index (κ1) is 14.0. The molecule has 18 heavy (non-hydrogen) atoms. The summed E-state index contributed by atoms with van der Waals surface area (Å²) in [6.45, 7) is 1.50. The highest BCUT2D eigenvalue weighted by molar-refractivity contribution is 5.91. The Hall–Kier alpha value is -2.11. The number of hydrogen-bond acceptors (Lipinski definition) is 3. The fraction of sp³-hybridized carbons (Fsp3) is 0.333. The van der Waals surface area contributed by atoms with Gasteiger partial charge >= 0.3 is 5.97 Å². The van der Waals surface area contributed by atoms with Gasteiger partial charge in [-0.1, -0.05) is 0 Å². The van der Waals surface area contributed by atoms with Gasteiger partial charge in [0.25, 0.3) is 5.91 Å². The number of amides is 1. The van der Waals surface area contributed by atoms with Gasteiger partial charge in [-0.2, -0.15) is 0 Å². The summed E-state index contributed by atoms with van der Waals surface area (Å²) >= 11 is 0. The van der Waals surface area contributed by atoms with Crippen LogP contribution in [0.1, 0.15) is 17.3 Å². The number of nitrogens with zero attached hydrogens (tertiary/aromatic N) is 1. The van der Waals surface area contributed by atoms with Gasteiger partial charge < -0.3 is 14.7 Å². The van der Waals surface area contributed by atoms with E-state index < -0.39 is 17.9 Å². The highest BCUT2D eigenvalue weighted by Gasteiger charge is 2.20. The van der Waals surface area contributed by atoms with Gasteiger partial charge in [0.05, 0.1) is 0 Å². The lowest BCUT2D eigenvalue weighted by Crippen LogP contribution is -2.35. The Bertz CT molecular complexity index is 473. The van der Waals surface area contributed by atoms with Crippen molar-refractivity contribution in [1.29, 1.82) is 0 Å². The van der Waals surface area contributed by atoms with Crippen molar-refractivity contribution in [2.45, 2.75) is 13.0 Å². The number of likely N-dealkylation sites (N-methyl/N-ethyl adjacent to an activating group) is 1. The molecule has 5 nitrogen and oxygen atoms in total. The van der Waals surface area contributed by atoms with Crippen LogP contribution in [-0.4, -0.2) is 42.1 Å². The minimum absolute atomic E-state index is 0.0356. The summed E-state index contributed by atoms with van der Waals surface area (Å²) in [7, 11) is 3.12. The highest BCUT2D eigenvalue weighted by atomic mass is 19.1. The van der Waals surface area contributed by atoms with E-state index in [9.17, 15) is 14.0 Å². The Morgan fingerprint density at radius 1 is 1.39 bits per heavy atom. The van der Waals surface area contributed by atoms with E-state index in [4.69, 9.17) is 9.84 Å². The maximum absolute atomic E-state index is 12.9. The fourth-order valence-electron chi connectivity index (χ4n) is 1.38. The lowest BCUT2D eigenvalue weighted by molar-refractivity contribution is -0.135. The molecule has 0 aromatic heterocycles. The second-order valence-electron chi connectivity index (χ2n) is 3.94. The van der Waals surface area contributed by atoms with Crippen molar-refractivity contribution < 1.29 is 23.8 Å². The Morgan fingerprint density at radius 3 is 2.50 bits per heavy atom. The van der Waals surface area contributed by atoms with Crippen molar-refractivity contribution in [3.05, 3.63) is 29.6 Å². The number of carbonyl (C=O) groups excluding carboxylic acids is 1. The Morgan fingerprint density at radius 2 is 2.00 bits per heavy atom. The van der Waals surface area contributed by atoms with Crippen LogP contribution in [0.15, 0.2) is 18.2 Å². The van der Waals surface area contributed by atoms with Crippen LogP contribution in [0.2, 0.25) is 0 Å². The molecule has 1 aromatic rings. The van der Waals surface area contributed by atoms with E-state index in [-0.39, 0.29) is 17.2 Å². The molecule has 1 atom stereocenters. The standard InChI is InChI=1S/C12H14FNO4/c1-7(11(15)14(2)3)18-10-5-4-8(13)6-9(10)12(16)17/h4-7H,1-3H3,(H,16,17). The first-order valence-corrected chi connectivity index (χ1v) is 5.23. The number of hydrogen-bond donors (Lipinski definition) is 1. The van der Waals surface area contributed by atoms with Crippen LogP contribution in [-0.2, 0) is 4.79 Å². The van der Waals surface area contributed by atoms with E-state index >= 15 is 0 Å². The summed E-state index contributed by atoms with van der Waals surface area (Å²) in [6.07, 6.45) is -0.844. The summed E-state index contributed by atoms with van der Waals surface area (Å²) < 4.78 is 18.2. The first-order chi connectivity index (χ1) is 8.32. The molecule has 0 heterocycles. The molecule has 6 heteroatoms. The molecule has 0 saturated heterocycles. The Kier molecular flexibility index (Phi) is 4.25. The zero-order valence-electron chi connectivity index (χ0n) is 10.3. The SMILES string of the molecule is CC(Oc1ccc(F)cc1C(=O)O)C(=O)N(C)C. The fourth-order valence-corrected chi connectivity index (χ4v) is 1.38. The van der Waals surface area contributed by atoms with Crippen molar-refractivity contribution in [1.82, 2.24) is 4.90 Å². The minimum atomic E-state index is -1.31. The van der Waals surface area contributed by atoms with Gasteiger partial charge in [0, 0.05) is 14.1 Å². The van der Waals surface area contributed by atoms with E-state index in [0.717, 1.165) is 12.1 Å². The lowest BCUT2D eigenvalue weighted by atomic mass is 10.2. The van der Waals surface area contributed by atoms with E-state index in [1.165, 1.54) is 17.9 Å². The van der Waals surface area contributed by atoms with Gasteiger partial charge in [-0.05, 0) is 25.1 Å². The van der Waals surface area contributed by atoms with Gasteiger partial charge in [-0.25, -0.2) is 9.18 Å². The second-order valence-corrected chi connectivity index (χ2v) is 3.94. The molecule has 98 valence electrons. The smallest absolute Gasteiger partial charge is 0.339 e. The molecule has 0 spiro atoms. The molecule has 0 aliphatic rings. The van der Waals surface area contributed by atoms with Gasteiger partial charge in [0.1, 0.15) is 17.1 Å². The van der Waals surface area contributed by atoms with Crippen molar-refractivity contribution in [2.75, 3.05) is 14.1 Å². The quantitative estimate of drug-likeness (QED) is 0.882. The maximum atomic E-state index is 12.9. The molecule has 1 aromatic carbocycles. The summed E-state index contributed by atoms with van der Waals surface area (Å²) in [4.78, 5) is 23.8. The van der Waals surface area contributed by atoms with E-state index in [2.05, 4.69) is 0 Å². The lowest BCUT2D eigenvalue weighted by Gasteiger charge is -2.19. The minimum Gasteiger partial charge on any atom is -0.480 e. The zero-order chi connectivity index (χ0) is 13.9. The summed E-state index contributed by atoms with van der Waals surface area (Å²) in [5, 5.41) is 8.91. The monoisotopic (exact) mass is 255 g/mol. The molecule has 1 N–H and O–H groups in total. The van der Waals surface area contributed by atoms with E-state index in [0.29, 0.717) is 0 Å². The molecular formula is C12H14FNO4. The van der Waals surface area contributed by atoms with Crippen LogP contribution >= 0.6 is 0 Å². The molecule has 0 aliphatic carbocycles. The van der Waals surface area contributed by atoms with E-state index in [1.807, 2.05) is 0 Å². The summed E-state index contributed by atoms with van der Waals surface area (Å²) in [5.74, 6) is -2.33. The molecule has 1 amide bonds. The van der Waals surface area contributed by atoms with Crippen LogP contribution < -0.4 is 4.74 Å². The molecular weight excluding hydrogens is 241 g/mol. The number of rotatable bonds is 4. The van der Waals surface area contributed by atoms with Gasteiger partial charge in [0.15, 0.2) is 6.10 Å². The summed E-state index contributed by atoms with van der Waals surface area (Å²) in [6, 6.07) is 3.12. The van der Waals surface area contributed by atoms with Crippen LogP contribution in [0.4, 0.5) is 4.39 Å². The third-order valence-electron chi connectivity index (χ3n) is 2.26. The van der Waals surface area contributed by atoms with Crippen molar-refractivity contribution >= 4 is 11.9 Å². The molecule has 1 rings (SSSR count). The summed E-state index contributed by atoms with van der Waals surface area (Å²) in [5.41, 5.74) is -0.312. The van der Waals surface area contributed by atoms with Crippen LogP contribution in [0.5, 0.6) is 5.75 Å². The highest BCUT2D eigenvalue weighted by Crippen LogP contribution is 2.21. The molecule has 0 fully saturated rings. The largest absolute Gasteiger partial charge is 0.480 e. The topological polar surface area (TPSA) is 66.8 Å². The molecule has 0 bridgehead atoms. The molecule has 0 saturated carbocycles. The van der Waals surface area contributed by atoms with Crippen LogP contribution in [0.25, 0.3) is 0 Å². The number of halogens is 1. The second kappa shape index (κ2) is 5.48. The third kappa shape index (κ3) is 3.19. The predicted molar refractivity (Wildman–Crippen MR) is 62.1 cm³/mol. The number of benzene rings is 1. The van der Waals surface area contributed by atoms with Crippen molar-refractivity contribution in [3.8, 4) is 5.75 Å². The predicted octanol–water partition coefficient (Wildman–Crippen LogP) is 1.38. The van der Waals surface area contributed by atoms with Crippen LogP contribution in [0.3, 0.4) is 0 Å². The van der Waals surface area contributed by atoms with Gasteiger partial charge in [-0.15, -0.1) is 0 Å². The number of carbonyl (C=O) groups is 2. The van der Waals surface area contributed by atoms with Crippen molar-refractivity contribution in [2.24, 2.45) is 0 Å². The Balaban J connectivity index is 2.97. The average Bonchev–Trinajstić information content (AvgIpc) is 2.29. The van der Waals surface area contributed by atoms with Crippen molar-refractivity contribution in [3.63, 3.8) is 0 Å². The molecule has 1 unspecified atom stereocenters. The molecule has 0 aliphatic heterocycles. The average molecular weight is 255 g/mol. The normalized spacial score (nSPS) is 11.8. The number of ether oxygens (including phenoxy) is 1. The first-order valence-electron chi connectivity index (χ1n) is 5.23. The van der Waals surface area contributed by atoms with Crippen LogP contribution in [0, 0.1) is 5.82 Å². The third-order valence-corrected chi connectivity index (χ3v) is 2.26. The van der Waals surface area contributed by atoms with E-state index in [1.54, 1.807) is 14.1 Å². The zero-order valence-corrected chi connectivity index (χ0v) is 10.3. The maximum Gasteiger partial charge on any atom is 0.339 e. The number of aromatic carboxylic acids is 1. The number of carboxylic acid groups (broad SMARTS) is 1. The number of carboxylic acids is 1.